The average molecular weight is 583 g/mol. The van der Waals surface area contributed by atoms with Gasteiger partial charge in [0.15, 0.2) is 6.61 Å². The minimum Gasteiger partial charge on any atom is -0.497 e. The van der Waals surface area contributed by atoms with Gasteiger partial charge in [0, 0.05) is 20.1 Å². The molecule has 0 fully saturated rings. The fourth-order valence-electron chi connectivity index (χ4n) is 4.74. The van der Waals surface area contributed by atoms with Crippen molar-refractivity contribution in [2.24, 2.45) is 5.92 Å². The number of methoxy groups -OCH3 is 1. The average Bonchev–Trinajstić information content (AvgIpc) is 2.95. The number of para-hydroxylation sites is 1. The molecule has 0 aromatic heterocycles. The Morgan fingerprint density at radius 1 is 0.902 bits per heavy atom. The Morgan fingerprint density at radius 2 is 1.51 bits per heavy atom. The number of rotatable bonds is 14. The Balaban J connectivity index is 1.87. The van der Waals surface area contributed by atoms with Gasteiger partial charge in [0.05, 0.1) is 24.2 Å². The van der Waals surface area contributed by atoms with E-state index in [1.54, 1.807) is 19.2 Å². The predicted octanol–water partition coefficient (Wildman–Crippen LogP) is 4.47. The second-order valence-electron chi connectivity index (χ2n) is 10.7. The highest BCUT2D eigenvalue weighted by atomic mass is 32.2. The van der Waals surface area contributed by atoms with Crippen LogP contribution in [0.1, 0.15) is 30.5 Å². The largest absolute Gasteiger partial charge is 0.497 e. The molecule has 9 heteroatoms. The molecule has 222 valence electrons. The van der Waals surface area contributed by atoms with Gasteiger partial charge in [-0.15, -0.1) is 0 Å². The standard InChI is InChI=1S/C32H42N2O6S/c1-23(2)20-34(41(37,38)28-17-15-27(39-6)16-18-28)21-30(35)29(19-26-13-8-7-9-14-26)33(5)31(36)22-40-32-24(3)11-10-12-25(32)4/h7-18,23,29-30,35H,19-22H2,1-6H3/t29-,30+/m0/s1. The first-order chi connectivity index (χ1) is 19.4. The number of likely N-dealkylation sites (N-methyl/N-ethyl adjacent to an activating group) is 1. The van der Waals surface area contributed by atoms with E-state index in [4.69, 9.17) is 9.47 Å². The van der Waals surface area contributed by atoms with Crippen molar-refractivity contribution >= 4 is 15.9 Å². The number of carbonyl (C=O) groups excluding carboxylic acids is 1. The lowest BCUT2D eigenvalue weighted by Crippen LogP contribution is -2.52. The summed E-state index contributed by atoms with van der Waals surface area (Å²) in [5.41, 5.74) is 2.77. The molecule has 0 aliphatic carbocycles. The zero-order valence-electron chi connectivity index (χ0n) is 24.8. The van der Waals surface area contributed by atoms with E-state index in [-0.39, 0.29) is 36.4 Å². The number of sulfonamides is 1. The molecule has 0 bridgehead atoms. The minimum absolute atomic E-state index is 0.00732. The Morgan fingerprint density at radius 3 is 2.07 bits per heavy atom. The molecule has 1 amide bonds. The van der Waals surface area contributed by atoms with Gasteiger partial charge >= 0.3 is 0 Å². The van der Waals surface area contributed by atoms with Gasteiger partial charge in [-0.25, -0.2) is 8.42 Å². The molecular formula is C32H42N2O6S. The van der Waals surface area contributed by atoms with E-state index < -0.39 is 22.2 Å². The molecule has 3 rings (SSSR count). The molecule has 0 aliphatic rings. The summed E-state index contributed by atoms with van der Waals surface area (Å²) in [6.07, 6.45) is -0.831. The number of ether oxygens (including phenoxy) is 2. The second-order valence-corrected chi connectivity index (χ2v) is 12.7. The zero-order chi connectivity index (χ0) is 30.2. The van der Waals surface area contributed by atoms with Crippen LogP contribution < -0.4 is 9.47 Å². The number of amides is 1. The van der Waals surface area contributed by atoms with Crippen molar-refractivity contribution in [2.75, 3.05) is 33.9 Å². The third kappa shape index (κ3) is 8.55. The molecular weight excluding hydrogens is 540 g/mol. The number of aliphatic hydroxyl groups excluding tert-OH is 1. The maximum Gasteiger partial charge on any atom is 0.260 e. The van der Waals surface area contributed by atoms with Crippen LogP contribution in [0.3, 0.4) is 0 Å². The first-order valence-corrected chi connectivity index (χ1v) is 15.2. The highest BCUT2D eigenvalue weighted by Crippen LogP contribution is 2.24. The maximum atomic E-state index is 13.7. The molecule has 0 radical (unpaired) electrons. The van der Waals surface area contributed by atoms with E-state index in [0.29, 0.717) is 17.9 Å². The SMILES string of the molecule is COc1ccc(S(=O)(=O)N(CC(C)C)C[C@@H](O)[C@H](Cc2ccccc2)N(C)C(=O)COc2c(C)cccc2C)cc1. The number of nitrogens with zero attached hydrogens (tertiary/aromatic N) is 2. The van der Waals surface area contributed by atoms with E-state index in [1.807, 2.05) is 76.2 Å². The molecule has 2 atom stereocenters. The molecule has 0 saturated carbocycles. The summed E-state index contributed by atoms with van der Waals surface area (Å²) >= 11 is 0. The van der Waals surface area contributed by atoms with Crippen LogP contribution in [0, 0.1) is 19.8 Å². The van der Waals surface area contributed by atoms with Gasteiger partial charge in [-0.2, -0.15) is 4.31 Å². The van der Waals surface area contributed by atoms with Crippen molar-refractivity contribution in [3.63, 3.8) is 0 Å². The normalized spacial score (nSPS) is 13.2. The van der Waals surface area contributed by atoms with E-state index in [9.17, 15) is 18.3 Å². The van der Waals surface area contributed by atoms with Crippen LogP contribution >= 0.6 is 0 Å². The van der Waals surface area contributed by atoms with E-state index >= 15 is 0 Å². The molecule has 0 heterocycles. The topological polar surface area (TPSA) is 96.4 Å². The predicted molar refractivity (Wildman–Crippen MR) is 161 cm³/mol. The highest BCUT2D eigenvalue weighted by Gasteiger charge is 2.33. The fourth-order valence-corrected chi connectivity index (χ4v) is 6.36. The lowest BCUT2D eigenvalue weighted by Gasteiger charge is -2.35. The Bertz CT molecular complexity index is 1360. The van der Waals surface area contributed by atoms with Crippen LogP contribution in [-0.4, -0.2) is 74.6 Å². The quantitative estimate of drug-likeness (QED) is 0.301. The maximum absolute atomic E-state index is 13.7. The van der Waals surface area contributed by atoms with Crippen molar-refractivity contribution in [2.45, 2.75) is 51.2 Å². The van der Waals surface area contributed by atoms with Crippen molar-refractivity contribution in [3.8, 4) is 11.5 Å². The van der Waals surface area contributed by atoms with Crippen molar-refractivity contribution < 1.29 is 27.8 Å². The number of aliphatic hydroxyl groups is 1. The zero-order valence-corrected chi connectivity index (χ0v) is 25.6. The second kappa shape index (κ2) is 14.5. The molecule has 0 unspecified atom stereocenters. The number of benzene rings is 3. The molecule has 0 spiro atoms. The Labute approximate surface area is 244 Å². The van der Waals surface area contributed by atoms with E-state index in [1.165, 1.54) is 28.4 Å². The van der Waals surface area contributed by atoms with Crippen LogP contribution in [-0.2, 0) is 21.2 Å². The molecule has 41 heavy (non-hydrogen) atoms. The van der Waals surface area contributed by atoms with Gasteiger partial charge in [0.1, 0.15) is 11.5 Å². The Hall–Kier alpha value is -3.40. The van der Waals surface area contributed by atoms with Crippen LogP contribution in [0.15, 0.2) is 77.7 Å². The molecule has 0 saturated heterocycles. The van der Waals surface area contributed by atoms with Crippen LogP contribution in [0.25, 0.3) is 0 Å². The van der Waals surface area contributed by atoms with E-state index in [0.717, 1.165) is 16.7 Å². The monoisotopic (exact) mass is 582 g/mol. The smallest absolute Gasteiger partial charge is 0.260 e. The third-order valence-corrected chi connectivity index (χ3v) is 8.87. The number of carbonyl (C=O) groups is 1. The lowest BCUT2D eigenvalue weighted by atomic mass is 9.99. The number of hydrogen-bond acceptors (Lipinski definition) is 6. The summed E-state index contributed by atoms with van der Waals surface area (Å²) < 4.78 is 39.7. The van der Waals surface area contributed by atoms with Gasteiger partial charge in [-0.3, -0.25) is 4.79 Å². The van der Waals surface area contributed by atoms with Gasteiger partial charge in [-0.05, 0) is 67.1 Å². The summed E-state index contributed by atoms with van der Waals surface area (Å²) in [5.74, 6) is 0.891. The molecule has 3 aromatic rings. The number of aryl methyl sites for hydroxylation is 2. The van der Waals surface area contributed by atoms with Gasteiger partial charge in [-0.1, -0.05) is 62.4 Å². The highest BCUT2D eigenvalue weighted by molar-refractivity contribution is 7.89. The van der Waals surface area contributed by atoms with Crippen molar-refractivity contribution in [1.29, 1.82) is 0 Å². The first-order valence-electron chi connectivity index (χ1n) is 13.7. The summed E-state index contributed by atoms with van der Waals surface area (Å²) in [6, 6.07) is 20.8. The molecule has 1 N–H and O–H groups in total. The molecule has 8 nitrogen and oxygen atoms in total. The van der Waals surface area contributed by atoms with Crippen molar-refractivity contribution in [3.05, 3.63) is 89.5 Å². The van der Waals surface area contributed by atoms with Crippen LogP contribution in [0.4, 0.5) is 0 Å². The molecule has 0 aliphatic heterocycles. The lowest BCUT2D eigenvalue weighted by molar-refractivity contribution is -0.136. The minimum atomic E-state index is -3.93. The van der Waals surface area contributed by atoms with Crippen molar-refractivity contribution in [1.82, 2.24) is 9.21 Å². The number of hydrogen-bond donors (Lipinski definition) is 1. The van der Waals surface area contributed by atoms with Gasteiger partial charge < -0.3 is 19.5 Å². The van der Waals surface area contributed by atoms with E-state index in [2.05, 4.69) is 0 Å². The Kier molecular flexibility index (Phi) is 11.3. The van der Waals surface area contributed by atoms with Gasteiger partial charge in [0.2, 0.25) is 10.0 Å². The van der Waals surface area contributed by atoms with Crippen LogP contribution in [0.5, 0.6) is 11.5 Å². The molecule has 3 aromatic carbocycles. The summed E-state index contributed by atoms with van der Waals surface area (Å²) in [7, 11) is -0.795. The van der Waals surface area contributed by atoms with Crippen LogP contribution in [0.2, 0.25) is 0 Å². The van der Waals surface area contributed by atoms with Gasteiger partial charge in [0.25, 0.3) is 5.91 Å². The first kappa shape index (κ1) is 32.1. The fraction of sp³-hybridized carbons (Fsp3) is 0.406. The third-order valence-electron chi connectivity index (χ3n) is 7.03. The summed E-state index contributed by atoms with van der Waals surface area (Å²) in [4.78, 5) is 14.9. The summed E-state index contributed by atoms with van der Waals surface area (Å²) in [5, 5.41) is 11.6. The summed E-state index contributed by atoms with van der Waals surface area (Å²) in [6.45, 7) is 7.50.